The molecule has 1 unspecified atom stereocenters. The van der Waals surface area contributed by atoms with Crippen LogP contribution < -0.4 is 10.9 Å². The molecule has 0 bridgehead atoms. The molecule has 0 radical (unpaired) electrons. The van der Waals surface area contributed by atoms with E-state index < -0.39 is 0 Å². The van der Waals surface area contributed by atoms with Crippen LogP contribution in [0.25, 0.3) is 0 Å². The number of aryl methyl sites for hydroxylation is 2. The summed E-state index contributed by atoms with van der Waals surface area (Å²) in [6, 6.07) is 7.63. The van der Waals surface area contributed by atoms with Crippen molar-refractivity contribution >= 4 is 11.6 Å². The van der Waals surface area contributed by atoms with Gasteiger partial charge in [0, 0.05) is 22.8 Å². The molecule has 0 saturated carbocycles. The van der Waals surface area contributed by atoms with E-state index in [-0.39, 0.29) is 17.6 Å². The average molecular weight is 306 g/mol. The summed E-state index contributed by atoms with van der Waals surface area (Å²) in [5.41, 5.74) is 2.34. The molecule has 5 heteroatoms. The molecule has 0 amide bonds. The van der Waals surface area contributed by atoms with Gasteiger partial charge >= 0.3 is 0 Å². The van der Waals surface area contributed by atoms with Gasteiger partial charge < -0.3 is 10.3 Å². The predicted molar refractivity (Wildman–Crippen MR) is 85.7 cm³/mol. The van der Waals surface area contributed by atoms with E-state index in [9.17, 15) is 4.79 Å². The smallest absolute Gasteiger partial charge is 0.255 e. The number of nitrogens with zero attached hydrogens (tertiary/aromatic N) is 1. The van der Waals surface area contributed by atoms with Gasteiger partial charge in [0.05, 0.1) is 5.56 Å². The Morgan fingerprint density at radius 2 is 1.86 bits per heavy atom. The third-order valence-electron chi connectivity index (χ3n) is 3.57. The number of rotatable bonds is 4. The van der Waals surface area contributed by atoms with Crippen LogP contribution in [0.1, 0.15) is 48.6 Å². The normalized spacial score (nSPS) is 14.0. The molecular weight excluding hydrogens is 286 g/mol. The summed E-state index contributed by atoms with van der Waals surface area (Å²) in [6.45, 7) is 7.63. The minimum Gasteiger partial charge on any atom is -0.310 e. The van der Waals surface area contributed by atoms with Gasteiger partial charge in [-0.3, -0.25) is 4.79 Å². The zero-order valence-corrected chi connectivity index (χ0v) is 13.5. The van der Waals surface area contributed by atoms with Crippen molar-refractivity contribution in [3.05, 3.63) is 62.3 Å². The van der Waals surface area contributed by atoms with Gasteiger partial charge in [-0.1, -0.05) is 29.8 Å². The zero-order chi connectivity index (χ0) is 15.6. The fourth-order valence-electron chi connectivity index (χ4n) is 2.62. The standard InChI is InChI=1S/C16H20ClN3O/c1-9(13-7-5-6-8-14(13)17)18-10(2)15-11(3)19-12(4)20-16(15)21/h5-10,18H,1-4H3,(H,19,20,21)/t9-,10?/m1/s1. The number of aromatic nitrogens is 2. The van der Waals surface area contributed by atoms with Crippen LogP contribution in [0.15, 0.2) is 29.1 Å². The fraction of sp³-hybridized carbons (Fsp3) is 0.375. The van der Waals surface area contributed by atoms with E-state index in [0.717, 1.165) is 16.3 Å². The van der Waals surface area contributed by atoms with Crippen LogP contribution in [0.3, 0.4) is 0 Å². The van der Waals surface area contributed by atoms with Crippen molar-refractivity contribution < 1.29 is 0 Å². The molecule has 2 N–H and O–H groups in total. The molecule has 1 aromatic carbocycles. The van der Waals surface area contributed by atoms with Gasteiger partial charge in [0.2, 0.25) is 0 Å². The summed E-state index contributed by atoms with van der Waals surface area (Å²) in [4.78, 5) is 19.2. The van der Waals surface area contributed by atoms with E-state index in [1.54, 1.807) is 6.92 Å². The summed E-state index contributed by atoms with van der Waals surface area (Å²) in [5, 5.41) is 4.13. The van der Waals surface area contributed by atoms with E-state index in [4.69, 9.17) is 11.6 Å². The summed E-state index contributed by atoms with van der Waals surface area (Å²) in [7, 11) is 0. The van der Waals surface area contributed by atoms with Crippen molar-refractivity contribution in [2.45, 2.75) is 39.8 Å². The van der Waals surface area contributed by atoms with Gasteiger partial charge in [0.1, 0.15) is 5.82 Å². The zero-order valence-electron chi connectivity index (χ0n) is 12.7. The van der Waals surface area contributed by atoms with Gasteiger partial charge in [0.25, 0.3) is 5.56 Å². The van der Waals surface area contributed by atoms with E-state index in [0.29, 0.717) is 11.4 Å². The van der Waals surface area contributed by atoms with Crippen LogP contribution in [-0.2, 0) is 0 Å². The fourth-order valence-corrected chi connectivity index (χ4v) is 2.92. The van der Waals surface area contributed by atoms with Crippen molar-refractivity contribution in [1.82, 2.24) is 15.3 Å². The highest BCUT2D eigenvalue weighted by atomic mass is 35.5. The monoisotopic (exact) mass is 305 g/mol. The number of halogens is 1. The topological polar surface area (TPSA) is 57.8 Å². The molecule has 0 spiro atoms. The molecule has 1 heterocycles. The first-order chi connectivity index (χ1) is 9.90. The van der Waals surface area contributed by atoms with Crippen molar-refractivity contribution in [2.24, 2.45) is 0 Å². The number of hydrogen-bond acceptors (Lipinski definition) is 3. The minimum atomic E-state index is -0.117. The van der Waals surface area contributed by atoms with Crippen molar-refractivity contribution in [1.29, 1.82) is 0 Å². The van der Waals surface area contributed by atoms with E-state index in [1.165, 1.54) is 0 Å². The number of benzene rings is 1. The molecule has 0 saturated heterocycles. The maximum Gasteiger partial charge on any atom is 0.255 e. The Hall–Kier alpha value is -1.65. The second kappa shape index (κ2) is 6.41. The molecular formula is C16H20ClN3O. The Morgan fingerprint density at radius 1 is 1.19 bits per heavy atom. The Balaban J connectivity index is 2.25. The lowest BCUT2D eigenvalue weighted by atomic mass is 10.0. The molecule has 0 aliphatic rings. The van der Waals surface area contributed by atoms with Gasteiger partial charge in [-0.05, 0) is 39.3 Å². The Labute approximate surface area is 129 Å². The molecule has 2 aromatic rings. The molecule has 0 aliphatic carbocycles. The highest BCUT2D eigenvalue weighted by molar-refractivity contribution is 6.31. The van der Waals surface area contributed by atoms with Crippen molar-refractivity contribution in [3.8, 4) is 0 Å². The van der Waals surface area contributed by atoms with E-state index in [2.05, 4.69) is 15.3 Å². The lowest BCUT2D eigenvalue weighted by Gasteiger charge is -2.22. The van der Waals surface area contributed by atoms with Crippen molar-refractivity contribution in [3.63, 3.8) is 0 Å². The van der Waals surface area contributed by atoms with Crippen molar-refractivity contribution in [2.75, 3.05) is 0 Å². The van der Waals surface area contributed by atoms with Crippen LogP contribution in [-0.4, -0.2) is 9.97 Å². The molecule has 0 aliphatic heterocycles. The first kappa shape index (κ1) is 15.7. The Kier molecular flexibility index (Phi) is 4.80. The lowest BCUT2D eigenvalue weighted by Crippen LogP contribution is -2.29. The Morgan fingerprint density at radius 3 is 2.48 bits per heavy atom. The van der Waals surface area contributed by atoms with Crippen LogP contribution in [0.4, 0.5) is 0 Å². The third kappa shape index (κ3) is 3.52. The number of hydrogen-bond donors (Lipinski definition) is 2. The third-order valence-corrected chi connectivity index (χ3v) is 3.91. The molecule has 4 nitrogen and oxygen atoms in total. The maximum atomic E-state index is 12.1. The largest absolute Gasteiger partial charge is 0.310 e. The summed E-state index contributed by atoms with van der Waals surface area (Å²) in [6.07, 6.45) is 0. The maximum absolute atomic E-state index is 12.1. The second-order valence-corrected chi connectivity index (χ2v) is 5.69. The second-order valence-electron chi connectivity index (χ2n) is 5.28. The number of nitrogens with one attached hydrogen (secondary N) is 2. The SMILES string of the molecule is Cc1nc(C)c(C(C)N[C@H](C)c2ccccc2Cl)c(=O)[nH]1. The minimum absolute atomic E-state index is 0.0359. The Bertz CT molecular complexity index is 696. The summed E-state index contributed by atoms with van der Waals surface area (Å²) in [5.74, 6) is 0.632. The first-order valence-electron chi connectivity index (χ1n) is 6.98. The quantitative estimate of drug-likeness (QED) is 0.909. The van der Waals surface area contributed by atoms with E-state index >= 15 is 0 Å². The first-order valence-corrected chi connectivity index (χ1v) is 7.36. The van der Waals surface area contributed by atoms with Crippen LogP contribution in [0, 0.1) is 13.8 Å². The number of H-pyrrole nitrogens is 1. The summed E-state index contributed by atoms with van der Waals surface area (Å²) >= 11 is 6.21. The van der Waals surface area contributed by atoms with Gasteiger partial charge in [-0.25, -0.2) is 4.98 Å². The van der Waals surface area contributed by atoms with Crippen LogP contribution in [0.5, 0.6) is 0 Å². The number of aromatic amines is 1. The average Bonchev–Trinajstić information content (AvgIpc) is 2.37. The van der Waals surface area contributed by atoms with Crippen LogP contribution >= 0.6 is 11.6 Å². The lowest BCUT2D eigenvalue weighted by molar-refractivity contribution is 0.488. The molecule has 21 heavy (non-hydrogen) atoms. The molecule has 2 rings (SSSR count). The molecule has 0 fully saturated rings. The highest BCUT2D eigenvalue weighted by Crippen LogP contribution is 2.24. The van der Waals surface area contributed by atoms with Gasteiger partial charge in [-0.2, -0.15) is 0 Å². The predicted octanol–water partition coefficient (Wildman–Crippen LogP) is 3.45. The molecule has 2 atom stereocenters. The van der Waals surface area contributed by atoms with Gasteiger partial charge in [0.15, 0.2) is 0 Å². The van der Waals surface area contributed by atoms with E-state index in [1.807, 2.05) is 45.0 Å². The molecule has 112 valence electrons. The van der Waals surface area contributed by atoms with Crippen LogP contribution in [0.2, 0.25) is 5.02 Å². The molecule has 1 aromatic heterocycles. The highest BCUT2D eigenvalue weighted by Gasteiger charge is 2.18. The van der Waals surface area contributed by atoms with Gasteiger partial charge in [-0.15, -0.1) is 0 Å². The summed E-state index contributed by atoms with van der Waals surface area (Å²) < 4.78 is 0.